The quantitative estimate of drug-likeness (QED) is 0.310. The lowest BCUT2D eigenvalue weighted by Crippen LogP contribution is -2.56. The van der Waals surface area contributed by atoms with Crippen molar-refractivity contribution in [3.63, 3.8) is 0 Å². The van der Waals surface area contributed by atoms with Gasteiger partial charge in [-0.25, -0.2) is 0 Å². The largest absolute Gasteiger partial charge is 0.551 e. The molecule has 0 atom stereocenters. The molecule has 0 aliphatic carbocycles. The maximum Gasteiger partial charge on any atom is 0.431 e. The Morgan fingerprint density at radius 2 is 1.27 bits per heavy atom. The number of hydrogen-bond acceptors (Lipinski definition) is 2. The van der Waals surface area contributed by atoms with E-state index in [1.807, 2.05) is 6.07 Å². The summed E-state index contributed by atoms with van der Waals surface area (Å²) in [5.74, 6) is 0.939. The molecule has 0 aromatic heterocycles. The Kier molecular flexibility index (Phi) is 3.97. The highest BCUT2D eigenvalue weighted by molar-refractivity contribution is 6.85. The topological polar surface area (TPSA) is 12.5 Å². The van der Waals surface area contributed by atoms with Crippen molar-refractivity contribution in [1.82, 2.24) is 0 Å². The van der Waals surface area contributed by atoms with E-state index >= 15 is 0 Å². The molecular weight excluding hydrogens is 401 g/mol. The Labute approximate surface area is 193 Å². The van der Waals surface area contributed by atoms with Crippen LogP contribution in [0.3, 0.4) is 0 Å². The third-order valence-corrected chi connectivity index (χ3v) is 6.68. The molecule has 2 heterocycles. The molecule has 5 aromatic rings. The molecular formula is C30H20BNO. The lowest BCUT2D eigenvalue weighted by atomic mass is 9.49. The molecule has 154 valence electrons. The molecule has 2 nitrogen and oxygen atoms in total. The van der Waals surface area contributed by atoms with Gasteiger partial charge in [-0.3, -0.25) is 0 Å². The highest BCUT2D eigenvalue weighted by Crippen LogP contribution is 2.43. The van der Waals surface area contributed by atoms with Crippen molar-refractivity contribution in [3.05, 3.63) is 121 Å². The summed E-state index contributed by atoms with van der Waals surface area (Å²) in [6.45, 7) is -0.133. The fraction of sp³-hybridized carbons (Fsp3) is 0. The zero-order valence-electron chi connectivity index (χ0n) is 18.0. The first-order valence-electron chi connectivity index (χ1n) is 11.3. The van der Waals surface area contributed by atoms with Crippen LogP contribution in [0.15, 0.2) is 121 Å². The zero-order valence-corrected chi connectivity index (χ0v) is 18.0. The molecule has 0 radical (unpaired) electrons. The van der Waals surface area contributed by atoms with Crippen LogP contribution in [0.5, 0.6) is 5.75 Å². The predicted octanol–water partition coefficient (Wildman–Crippen LogP) is 6.30. The van der Waals surface area contributed by atoms with Crippen molar-refractivity contribution in [2.75, 3.05) is 4.90 Å². The average Bonchev–Trinajstić information content (AvgIpc) is 2.89. The van der Waals surface area contributed by atoms with Crippen LogP contribution in [0.4, 0.5) is 17.1 Å². The number of fused-ring (bicyclic) bond motifs is 4. The van der Waals surface area contributed by atoms with E-state index in [4.69, 9.17) is 4.65 Å². The Balaban J connectivity index is 1.47. The van der Waals surface area contributed by atoms with Gasteiger partial charge in [0.1, 0.15) is 5.75 Å². The third-order valence-electron chi connectivity index (χ3n) is 6.68. The Morgan fingerprint density at radius 1 is 0.545 bits per heavy atom. The van der Waals surface area contributed by atoms with Crippen LogP contribution in [0.2, 0.25) is 0 Å². The SMILES string of the molecule is c1ccc(-c2ccc3c(c2)OB2c4ccccc4N(c4ccccc4)c4cccc-3c42)cc1. The van der Waals surface area contributed by atoms with Gasteiger partial charge >= 0.3 is 6.92 Å². The third kappa shape index (κ3) is 2.76. The Bertz CT molecular complexity index is 1500. The summed E-state index contributed by atoms with van der Waals surface area (Å²) in [5, 5.41) is 0. The lowest BCUT2D eigenvalue weighted by molar-refractivity contribution is 0.590. The van der Waals surface area contributed by atoms with Gasteiger partial charge in [-0.15, -0.1) is 0 Å². The first-order chi connectivity index (χ1) is 16.4. The molecule has 0 fully saturated rings. The maximum atomic E-state index is 6.79. The van der Waals surface area contributed by atoms with E-state index in [-0.39, 0.29) is 6.92 Å². The minimum atomic E-state index is -0.133. The molecule has 0 amide bonds. The summed E-state index contributed by atoms with van der Waals surface area (Å²) in [6.07, 6.45) is 0. The maximum absolute atomic E-state index is 6.79. The van der Waals surface area contributed by atoms with Gasteiger partial charge in [-0.1, -0.05) is 91.0 Å². The van der Waals surface area contributed by atoms with Crippen molar-refractivity contribution in [2.24, 2.45) is 0 Å². The van der Waals surface area contributed by atoms with Gasteiger partial charge in [0.2, 0.25) is 0 Å². The Hall–Kier alpha value is -4.24. The summed E-state index contributed by atoms with van der Waals surface area (Å²) in [4.78, 5) is 2.36. The van der Waals surface area contributed by atoms with Gasteiger partial charge in [0.05, 0.1) is 0 Å². The molecule has 0 bridgehead atoms. The fourth-order valence-corrected chi connectivity index (χ4v) is 5.21. The van der Waals surface area contributed by atoms with Crippen LogP contribution in [0.25, 0.3) is 22.3 Å². The molecule has 3 heteroatoms. The summed E-state index contributed by atoms with van der Waals surface area (Å²) in [6, 6.07) is 42.9. The molecule has 33 heavy (non-hydrogen) atoms. The molecule has 0 saturated heterocycles. The number of rotatable bonds is 2. The van der Waals surface area contributed by atoms with Crippen LogP contribution < -0.4 is 20.5 Å². The molecule has 2 aliphatic heterocycles. The van der Waals surface area contributed by atoms with Gasteiger partial charge in [0.15, 0.2) is 0 Å². The molecule has 5 aromatic carbocycles. The van der Waals surface area contributed by atoms with Gasteiger partial charge in [0, 0.05) is 28.1 Å². The van der Waals surface area contributed by atoms with Crippen molar-refractivity contribution >= 4 is 34.9 Å². The van der Waals surface area contributed by atoms with Crippen LogP contribution >= 0.6 is 0 Å². The van der Waals surface area contributed by atoms with E-state index in [0.717, 1.165) is 17.0 Å². The molecule has 0 N–H and O–H groups in total. The number of nitrogens with zero attached hydrogens (tertiary/aromatic N) is 1. The molecule has 0 unspecified atom stereocenters. The van der Waals surface area contributed by atoms with Crippen molar-refractivity contribution in [1.29, 1.82) is 0 Å². The summed E-state index contributed by atoms with van der Waals surface area (Å²) in [5.41, 5.74) is 10.7. The monoisotopic (exact) mass is 421 g/mol. The number of hydrogen-bond donors (Lipinski definition) is 0. The summed E-state index contributed by atoms with van der Waals surface area (Å²) in [7, 11) is 0. The van der Waals surface area contributed by atoms with E-state index in [0.29, 0.717) is 0 Å². The molecule has 0 saturated carbocycles. The molecule has 2 aliphatic rings. The minimum Gasteiger partial charge on any atom is -0.551 e. The second-order valence-electron chi connectivity index (χ2n) is 8.54. The van der Waals surface area contributed by atoms with E-state index in [1.54, 1.807) is 0 Å². The van der Waals surface area contributed by atoms with Crippen LogP contribution in [-0.2, 0) is 0 Å². The van der Waals surface area contributed by atoms with Crippen molar-refractivity contribution in [3.8, 4) is 28.0 Å². The first kappa shape index (κ1) is 18.3. The van der Waals surface area contributed by atoms with Crippen molar-refractivity contribution < 1.29 is 4.65 Å². The van der Waals surface area contributed by atoms with Gasteiger partial charge in [-0.05, 0) is 52.5 Å². The fourth-order valence-electron chi connectivity index (χ4n) is 5.21. The van der Waals surface area contributed by atoms with Gasteiger partial charge in [-0.2, -0.15) is 0 Å². The van der Waals surface area contributed by atoms with E-state index in [2.05, 4.69) is 120 Å². The normalized spacial score (nSPS) is 13.0. The molecule has 7 rings (SSSR count). The number of benzene rings is 5. The summed E-state index contributed by atoms with van der Waals surface area (Å²) >= 11 is 0. The average molecular weight is 421 g/mol. The highest BCUT2D eigenvalue weighted by atomic mass is 16.4. The lowest BCUT2D eigenvalue weighted by Gasteiger charge is -2.39. The Morgan fingerprint density at radius 3 is 2.12 bits per heavy atom. The second-order valence-corrected chi connectivity index (χ2v) is 8.54. The first-order valence-corrected chi connectivity index (χ1v) is 11.3. The smallest absolute Gasteiger partial charge is 0.431 e. The van der Waals surface area contributed by atoms with Crippen molar-refractivity contribution in [2.45, 2.75) is 0 Å². The van der Waals surface area contributed by atoms with Crippen LogP contribution in [0.1, 0.15) is 0 Å². The molecule has 0 spiro atoms. The van der Waals surface area contributed by atoms with E-state index in [1.165, 1.54) is 39.0 Å². The van der Waals surface area contributed by atoms with E-state index < -0.39 is 0 Å². The van der Waals surface area contributed by atoms with E-state index in [9.17, 15) is 0 Å². The van der Waals surface area contributed by atoms with Crippen LogP contribution in [-0.4, -0.2) is 6.92 Å². The second kappa shape index (κ2) is 7.14. The minimum absolute atomic E-state index is 0.133. The highest BCUT2D eigenvalue weighted by Gasteiger charge is 2.41. The van der Waals surface area contributed by atoms with Gasteiger partial charge in [0.25, 0.3) is 0 Å². The van der Waals surface area contributed by atoms with Crippen LogP contribution in [0, 0.1) is 0 Å². The zero-order chi connectivity index (χ0) is 21.8. The number of anilines is 3. The van der Waals surface area contributed by atoms with Gasteiger partial charge < -0.3 is 9.55 Å². The summed E-state index contributed by atoms with van der Waals surface area (Å²) < 4.78 is 6.79. The predicted molar refractivity (Wildman–Crippen MR) is 138 cm³/mol. The standard InChI is InChI=1S/C30H20BNO/c1-3-10-21(11-4-1)22-18-19-24-25-14-9-17-28-30(25)31(33-29(24)20-22)26-15-7-8-16-27(26)32(28)23-12-5-2-6-13-23/h1-20H. The number of para-hydroxylation sites is 2.